The highest BCUT2D eigenvalue weighted by molar-refractivity contribution is 5.97. The fourth-order valence-electron chi connectivity index (χ4n) is 3.87. The van der Waals surface area contributed by atoms with E-state index in [-0.39, 0.29) is 11.3 Å². The van der Waals surface area contributed by atoms with E-state index in [0.29, 0.717) is 18.8 Å². The Morgan fingerprint density at radius 2 is 1.83 bits per heavy atom. The Kier molecular flexibility index (Phi) is 5.97. The topological polar surface area (TPSA) is 59.6 Å². The molecule has 1 aliphatic rings. The number of benzene rings is 1. The molecule has 1 saturated heterocycles. The van der Waals surface area contributed by atoms with Gasteiger partial charge in [-0.05, 0) is 16.5 Å². The Balaban J connectivity index is 1.48. The molecule has 1 amide bonds. The van der Waals surface area contributed by atoms with Crippen molar-refractivity contribution < 1.29 is 13.9 Å². The van der Waals surface area contributed by atoms with Crippen LogP contribution in [0.4, 0.5) is 0 Å². The van der Waals surface area contributed by atoms with Crippen molar-refractivity contribution in [2.24, 2.45) is 0 Å². The van der Waals surface area contributed by atoms with Gasteiger partial charge in [0.1, 0.15) is 5.69 Å². The number of ether oxygens (including phenoxy) is 1. The number of carbonyl (C=O) groups excluding carboxylic acids is 1. The van der Waals surface area contributed by atoms with Crippen molar-refractivity contribution in [1.82, 2.24) is 14.8 Å². The lowest BCUT2D eigenvalue weighted by molar-refractivity contribution is 0.0383. The second kappa shape index (κ2) is 8.66. The van der Waals surface area contributed by atoms with E-state index in [4.69, 9.17) is 9.15 Å². The standard InChI is InChI=1S/C24H31N3O3/c1-24(2,3)19-6-4-18(5-7-19)17-27-20-8-13-30-22(20)16-21(27)23(28)25-9-10-26-11-14-29-15-12-26/h4-8,13,16H,9-12,14-15,17H2,1-3H3,(H,25,28). The average Bonchev–Trinajstić information content (AvgIpc) is 3.31. The third kappa shape index (κ3) is 4.60. The minimum atomic E-state index is -0.0685. The van der Waals surface area contributed by atoms with E-state index in [1.54, 1.807) is 6.26 Å². The number of aromatic nitrogens is 1. The first-order valence-electron chi connectivity index (χ1n) is 10.7. The maximum absolute atomic E-state index is 12.9. The third-order valence-electron chi connectivity index (χ3n) is 5.73. The first-order chi connectivity index (χ1) is 14.4. The molecule has 0 unspecified atom stereocenters. The van der Waals surface area contributed by atoms with Gasteiger partial charge in [0.2, 0.25) is 0 Å². The average molecular weight is 410 g/mol. The molecule has 160 valence electrons. The summed E-state index contributed by atoms with van der Waals surface area (Å²) < 4.78 is 13.0. The van der Waals surface area contributed by atoms with Crippen LogP contribution in [-0.2, 0) is 16.7 Å². The molecule has 1 aliphatic heterocycles. The van der Waals surface area contributed by atoms with Crippen LogP contribution in [-0.4, -0.2) is 54.8 Å². The summed E-state index contributed by atoms with van der Waals surface area (Å²) in [6.07, 6.45) is 1.67. The molecule has 0 saturated carbocycles. The first-order valence-corrected chi connectivity index (χ1v) is 10.7. The second-order valence-electron chi connectivity index (χ2n) is 8.94. The van der Waals surface area contributed by atoms with Crippen LogP contribution in [0.15, 0.2) is 47.1 Å². The predicted molar refractivity (Wildman–Crippen MR) is 118 cm³/mol. The van der Waals surface area contributed by atoms with Crippen LogP contribution in [0.5, 0.6) is 0 Å². The maximum Gasteiger partial charge on any atom is 0.268 e. The van der Waals surface area contributed by atoms with Gasteiger partial charge in [0.05, 0.1) is 25.0 Å². The van der Waals surface area contributed by atoms with Crippen molar-refractivity contribution in [2.45, 2.75) is 32.7 Å². The fourth-order valence-corrected chi connectivity index (χ4v) is 3.87. The van der Waals surface area contributed by atoms with Crippen LogP contribution in [0.3, 0.4) is 0 Å². The van der Waals surface area contributed by atoms with Crippen molar-refractivity contribution >= 4 is 17.0 Å². The Morgan fingerprint density at radius 3 is 2.53 bits per heavy atom. The lowest BCUT2D eigenvalue weighted by Crippen LogP contribution is -2.41. The zero-order chi connectivity index (χ0) is 21.1. The molecule has 1 N–H and O–H groups in total. The molecule has 0 spiro atoms. The zero-order valence-electron chi connectivity index (χ0n) is 18.1. The van der Waals surface area contributed by atoms with E-state index in [0.717, 1.165) is 49.5 Å². The normalized spacial score (nSPS) is 15.6. The van der Waals surface area contributed by atoms with Crippen LogP contribution in [0.1, 0.15) is 42.4 Å². The maximum atomic E-state index is 12.9. The molecule has 0 aliphatic carbocycles. The van der Waals surface area contributed by atoms with Gasteiger partial charge in [-0.15, -0.1) is 0 Å². The molecular weight excluding hydrogens is 378 g/mol. The Labute approximate surface area is 177 Å². The van der Waals surface area contributed by atoms with E-state index < -0.39 is 0 Å². The summed E-state index contributed by atoms with van der Waals surface area (Å²) in [6.45, 7) is 12.1. The zero-order valence-corrected chi connectivity index (χ0v) is 18.1. The van der Waals surface area contributed by atoms with E-state index in [9.17, 15) is 4.79 Å². The lowest BCUT2D eigenvalue weighted by atomic mass is 9.87. The Bertz CT molecular complexity index is 989. The molecule has 0 radical (unpaired) electrons. The van der Waals surface area contributed by atoms with Crippen LogP contribution in [0.25, 0.3) is 11.1 Å². The molecule has 3 heterocycles. The van der Waals surface area contributed by atoms with Crippen LogP contribution in [0.2, 0.25) is 0 Å². The number of hydrogen-bond acceptors (Lipinski definition) is 4. The van der Waals surface area contributed by atoms with Gasteiger partial charge >= 0.3 is 0 Å². The third-order valence-corrected chi connectivity index (χ3v) is 5.73. The van der Waals surface area contributed by atoms with Crippen molar-refractivity contribution in [3.05, 3.63) is 59.5 Å². The summed E-state index contributed by atoms with van der Waals surface area (Å²) in [5, 5.41) is 3.07. The predicted octanol–water partition coefficient (Wildman–Crippen LogP) is 3.64. The second-order valence-corrected chi connectivity index (χ2v) is 8.94. The molecule has 0 bridgehead atoms. The number of furan rings is 1. The number of nitrogens with one attached hydrogen (secondary N) is 1. The number of amides is 1. The minimum Gasteiger partial charge on any atom is -0.463 e. The van der Waals surface area contributed by atoms with E-state index in [1.807, 2.05) is 16.7 Å². The van der Waals surface area contributed by atoms with Gasteiger partial charge in [0, 0.05) is 44.9 Å². The SMILES string of the molecule is CC(C)(C)c1ccc(Cn2c(C(=O)NCCN3CCOCC3)cc3occc32)cc1. The Hall–Kier alpha value is -2.57. The number of carbonyl (C=O) groups is 1. The highest BCUT2D eigenvalue weighted by atomic mass is 16.5. The summed E-state index contributed by atoms with van der Waals surface area (Å²) in [6, 6.07) is 12.4. The van der Waals surface area contributed by atoms with Gasteiger partial charge in [-0.25, -0.2) is 0 Å². The van der Waals surface area contributed by atoms with Crippen LogP contribution >= 0.6 is 0 Å². The van der Waals surface area contributed by atoms with Gasteiger partial charge in [-0.1, -0.05) is 45.0 Å². The van der Waals surface area contributed by atoms with Crippen LogP contribution in [0, 0.1) is 0 Å². The van der Waals surface area contributed by atoms with Gasteiger partial charge in [0.25, 0.3) is 5.91 Å². The monoisotopic (exact) mass is 409 g/mol. The summed E-state index contributed by atoms with van der Waals surface area (Å²) in [5.74, 6) is -0.0685. The molecule has 0 atom stereocenters. The number of morpholine rings is 1. The van der Waals surface area contributed by atoms with Gasteiger partial charge < -0.3 is 19.0 Å². The van der Waals surface area contributed by atoms with Crippen molar-refractivity contribution in [2.75, 3.05) is 39.4 Å². The summed E-state index contributed by atoms with van der Waals surface area (Å²) >= 11 is 0. The van der Waals surface area contributed by atoms with E-state index in [1.165, 1.54) is 5.56 Å². The summed E-state index contributed by atoms with van der Waals surface area (Å²) in [4.78, 5) is 15.2. The lowest BCUT2D eigenvalue weighted by Gasteiger charge is -2.26. The first kappa shape index (κ1) is 20.7. The molecule has 2 aromatic heterocycles. The fraction of sp³-hybridized carbons (Fsp3) is 0.458. The highest BCUT2D eigenvalue weighted by Crippen LogP contribution is 2.25. The molecule has 3 aromatic rings. The number of rotatable bonds is 6. The van der Waals surface area contributed by atoms with Gasteiger partial charge in [-0.3, -0.25) is 9.69 Å². The molecule has 1 aromatic carbocycles. The summed E-state index contributed by atoms with van der Waals surface area (Å²) in [5.41, 5.74) is 4.88. The largest absolute Gasteiger partial charge is 0.463 e. The number of fused-ring (bicyclic) bond motifs is 1. The number of hydrogen-bond donors (Lipinski definition) is 1. The number of nitrogens with zero attached hydrogens (tertiary/aromatic N) is 2. The molecular formula is C24H31N3O3. The van der Waals surface area contributed by atoms with E-state index >= 15 is 0 Å². The molecule has 1 fully saturated rings. The summed E-state index contributed by atoms with van der Waals surface area (Å²) in [7, 11) is 0. The molecule has 6 heteroatoms. The molecule has 30 heavy (non-hydrogen) atoms. The molecule has 6 nitrogen and oxygen atoms in total. The van der Waals surface area contributed by atoms with Crippen molar-refractivity contribution in [1.29, 1.82) is 0 Å². The molecule has 4 rings (SSSR count). The van der Waals surface area contributed by atoms with E-state index in [2.05, 4.69) is 55.3 Å². The van der Waals surface area contributed by atoms with Crippen LogP contribution < -0.4 is 5.32 Å². The van der Waals surface area contributed by atoms with Gasteiger partial charge in [0.15, 0.2) is 5.58 Å². The highest BCUT2D eigenvalue weighted by Gasteiger charge is 2.19. The Morgan fingerprint density at radius 1 is 1.10 bits per heavy atom. The van der Waals surface area contributed by atoms with Crippen molar-refractivity contribution in [3.8, 4) is 0 Å². The quantitative estimate of drug-likeness (QED) is 0.675. The smallest absolute Gasteiger partial charge is 0.268 e. The van der Waals surface area contributed by atoms with Gasteiger partial charge in [-0.2, -0.15) is 0 Å². The van der Waals surface area contributed by atoms with Crippen molar-refractivity contribution in [3.63, 3.8) is 0 Å². The minimum absolute atomic E-state index is 0.0685.